The second kappa shape index (κ2) is 9.64. The van der Waals surface area contributed by atoms with Crippen molar-refractivity contribution in [2.75, 3.05) is 63.7 Å². The number of hydrogen-bond acceptors (Lipinski definition) is 6. The van der Waals surface area contributed by atoms with Crippen LogP contribution in [0.15, 0.2) is 34.6 Å². The molecule has 0 saturated carbocycles. The molecule has 1 fully saturated rings. The summed E-state index contributed by atoms with van der Waals surface area (Å²) < 4.78 is 5.25. The number of benzene rings is 1. The molecule has 2 aromatic rings. The summed E-state index contributed by atoms with van der Waals surface area (Å²) in [6.07, 6.45) is 0. The van der Waals surface area contributed by atoms with Crippen LogP contribution in [-0.4, -0.2) is 69.8 Å². The summed E-state index contributed by atoms with van der Waals surface area (Å²) in [4.78, 5) is 16.2. The number of thiazole rings is 1. The maximum Gasteiger partial charge on any atom is 0.194 e. The Morgan fingerprint density at radius 3 is 2.50 bits per heavy atom. The molecule has 0 amide bonds. The van der Waals surface area contributed by atoms with Gasteiger partial charge in [0.1, 0.15) is 5.75 Å². The molecule has 0 radical (unpaired) electrons. The third kappa shape index (κ3) is 5.07. The maximum absolute atomic E-state index is 5.25. The number of nitrogens with one attached hydrogen (secondary N) is 1. The average molecular weight is 403 g/mol. The Bertz CT molecular complexity index is 765. The van der Waals surface area contributed by atoms with Gasteiger partial charge in [-0.25, -0.2) is 9.98 Å². The van der Waals surface area contributed by atoms with Gasteiger partial charge in [-0.3, -0.25) is 0 Å². The van der Waals surface area contributed by atoms with Crippen LogP contribution in [0.1, 0.15) is 12.6 Å². The lowest BCUT2D eigenvalue weighted by Gasteiger charge is -2.37. The molecule has 3 rings (SSSR count). The van der Waals surface area contributed by atoms with Crippen molar-refractivity contribution in [1.29, 1.82) is 0 Å². The van der Waals surface area contributed by atoms with E-state index in [2.05, 4.69) is 44.5 Å². The molecule has 1 saturated heterocycles. The number of ether oxygens (including phenoxy) is 1. The lowest BCUT2D eigenvalue weighted by atomic mass is 10.2. The Morgan fingerprint density at radius 2 is 1.93 bits per heavy atom. The SMILES string of the molecule is CCNC(=NCc1csc(N(C)C)n1)N1CCN(c2ccc(OC)cc2)CC1. The number of nitrogens with zero attached hydrogens (tertiary/aromatic N) is 5. The van der Waals surface area contributed by atoms with E-state index in [0.29, 0.717) is 6.54 Å². The summed E-state index contributed by atoms with van der Waals surface area (Å²) in [7, 11) is 5.72. The van der Waals surface area contributed by atoms with Gasteiger partial charge in [-0.05, 0) is 31.2 Å². The van der Waals surface area contributed by atoms with E-state index in [1.165, 1.54) is 5.69 Å². The van der Waals surface area contributed by atoms with E-state index in [4.69, 9.17) is 9.73 Å². The molecule has 7 nitrogen and oxygen atoms in total. The molecular formula is C20H30N6OS. The van der Waals surface area contributed by atoms with Crippen molar-refractivity contribution in [3.63, 3.8) is 0 Å². The van der Waals surface area contributed by atoms with E-state index < -0.39 is 0 Å². The standard InChI is InChI=1S/C20H30N6OS/c1-5-21-19(22-14-16-15-28-20(23-16)24(2)3)26-12-10-25(11-13-26)17-6-8-18(27-4)9-7-17/h6-9,15H,5,10-14H2,1-4H3,(H,21,22). The van der Waals surface area contributed by atoms with E-state index in [-0.39, 0.29) is 0 Å². The summed E-state index contributed by atoms with van der Waals surface area (Å²) in [5.74, 6) is 1.86. The van der Waals surface area contributed by atoms with Gasteiger partial charge >= 0.3 is 0 Å². The van der Waals surface area contributed by atoms with E-state index in [9.17, 15) is 0 Å². The first-order valence-corrected chi connectivity index (χ1v) is 10.5. The fourth-order valence-electron chi connectivity index (χ4n) is 3.13. The molecule has 0 unspecified atom stereocenters. The number of aliphatic imine (C=N–C) groups is 1. The van der Waals surface area contributed by atoms with E-state index in [1.54, 1.807) is 18.4 Å². The van der Waals surface area contributed by atoms with Crippen LogP contribution in [0.4, 0.5) is 10.8 Å². The number of aromatic nitrogens is 1. The topological polar surface area (TPSA) is 56.2 Å². The molecule has 1 aliphatic heterocycles. The third-order valence-electron chi connectivity index (χ3n) is 4.66. The Morgan fingerprint density at radius 1 is 1.21 bits per heavy atom. The fourth-order valence-corrected chi connectivity index (χ4v) is 3.87. The highest BCUT2D eigenvalue weighted by Crippen LogP contribution is 2.21. The van der Waals surface area contributed by atoms with Gasteiger partial charge in [-0.1, -0.05) is 0 Å². The lowest BCUT2D eigenvalue weighted by molar-refractivity contribution is 0.372. The highest BCUT2D eigenvalue weighted by molar-refractivity contribution is 7.13. The van der Waals surface area contributed by atoms with Crippen LogP contribution >= 0.6 is 11.3 Å². The minimum Gasteiger partial charge on any atom is -0.497 e. The summed E-state index contributed by atoms with van der Waals surface area (Å²) in [5, 5.41) is 6.53. The molecule has 152 valence electrons. The minimum atomic E-state index is 0.603. The smallest absolute Gasteiger partial charge is 0.194 e. The van der Waals surface area contributed by atoms with Crippen molar-refractivity contribution in [2.45, 2.75) is 13.5 Å². The Balaban J connectivity index is 1.59. The molecule has 1 aromatic heterocycles. The summed E-state index contributed by atoms with van der Waals surface area (Å²) in [5.41, 5.74) is 2.25. The molecule has 1 aliphatic rings. The normalized spacial score (nSPS) is 14.9. The van der Waals surface area contributed by atoms with Crippen molar-refractivity contribution in [2.24, 2.45) is 4.99 Å². The molecule has 0 aliphatic carbocycles. The van der Waals surface area contributed by atoms with Crippen molar-refractivity contribution >= 4 is 28.1 Å². The number of rotatable bonds is 6. The third-order valence-corrected chi connectivity index (χ3v) is 5.72. The molecule has 28 heavy (non-hydrogen) atoms. The van der Waals surface area contributed by atoms with Crippen LogP contribution in [0, 0.1) is 0 Å². The van der Waals surface area contributed by atoms with Gasteiger partial charge in [-0.15, -0.1) is 11.3 Å². The molecule has 8 heteroatoms. The van der Waals surface area contributed by atoms with Crippen LogP contribution < -0.4 is 19.9 Å². The average Bonchev–Trinajstić information content (AvgIpc) is 3.21. The van der Waals surface area contributed by atoms with Crippen molar-refractivity contribution in [3.05, 3.63) is 35.3 Å². The number of piperazine rings is 1. The monoisotopic (exact) mass is 402 g/mol. The van der Waals surface area contributed by atoms with Gasteiger partial charge in [0.2, 0.25) is 0 Å². The van der Waals surface area contributed by atoms with Crippen molar-refractivity contribution < 1.29 is 4.74 Å². The fraction of sp³-hybridized carbons (Fsp3) is 0.500. The van der Waals surface area contributed by atoms with Crippen LogP contribution in [0.5, 0.6) is 5.75 Å². The first-order chi connectivity index (χ1) is 13.6. The van der Waals surface area contributed by atoms with E-state index in [1.807, 2.05) is 31.1 Å². The molecule has 1 N–H and O–H groups in total. The second-order valence-corrected chi connectivity index (χ2v) is 7.69. The Hall–Kier alpha value is -2.48. The van der Waals surface area contributed by atoms with Crippen LogP contribution in [-0.2, 0) is 6.54 Å². The predicted molar refractivity (Wildman–Crippen MR) is 118 cm³/mol. The molecule has 0 spiro atoms. The summed E-state index contributed by atoms with van der Waals surface area (Å²) >= 11 is 1.65. The first kappa shape index (κ1) is 20.3. The number of anilines is 2. The van der Waals surface area contributed by atoms with E-state index >= 15 is 0 Å². The zero-order valence-corrected chi connectivity index (χ0v) is 18.0. The van der Waals surface area contributed by atoms with Gasteiger partial charge in [0, 0.05) is 57.9 Å². The van der Waals surface area contributed by atoms with Gasteiger partial charge in [0.25, 0.3) is 0 Å². The van der Waals surface area contributed by atoms with Crippen molar-refractivity contribution in [3.8, 4) is 5.75 Å². The van der Waals surface area contributed by atoms with Crippen molar-refractivity contribution in [1.82, 2.24) is 15.2 Å². The molecular weight excluding hydrogens is 372 g/mol. The Labute approximate surface area is 171 Å². The molecule has 0 bridgehead atoms. The first-order valence-electron chi connectivity index (χ1n) is 9.64. The number of guanidine groups is 1. The van der Waals surface area contributed by atoms with E-state index in [0.717, 1.165) is 55.3 Å². The predicted octanol–water partition coefficient (Wildman–Crippen LogP) is 2.51. The zero-order chi connectivity index (χ0) is 19.9. The van der Waals surface area contributed by atoms with Gasteiger partial charge in [0.05, 0.1) is 19.3 Å². The van der Waals surface area contributed by atoms with Crippen LogP contribution in [0.2, 0.25) is 0 Å². The minimum absolute atomic E-state index is 0.603. The highest BCUT2D eigenvalue weighted by atomic mass is 32.1. The number of hydrogen-bond donors (Lipinski definition) is 1. The van der Waals surface area contributed by atoms with Crippen LogP contribution in [0.3, 0.4) is 0 Å². The number of methoxy groups -OCH3 is 1. The molecule has 2 heterocycles. The molecule has 1 aromatic carbocycles. The van der Waals surface area contributed by atoms with Gasteiger partial charge in [-0.2, -0.15) is 0 Å². The van der Waals surface area contributed by atoms with Crippen LogP contribution in [0.25, 0.3) is 0 Å². The maximum atomic E-state index is 5.25. The van der Waals surface area contributed by atoms with Gasteiger partial charge in [0.15, 0.2) is 11.1 Å². The highest BCUT2D eigenvalue weighted by Gasteiger charge is 2.20. The summed E-state index contributed by atoms with van der Waals surface area (Å²) in [6.45, 7) is 7.39. The molecule has 0 atom stereocenters. The quantitative estimate of drug-likeness (QED) is 0.592. The summed E-state index contributed by atoms with van der Waals surface area (Å²) in [6, 6.07) is 8.28. The van der Waals surface area contributed by atoms with Gasteiger partial charge < -0.3 is 24.8 Å². The zero-order valence-electron chi connectivity index (χ0n) is 17.2. The lowest BCUT2D eigenvalue weighted by Crippen LogP contribution is -2.52. The Kier molecular flexibility index (Phi) is 6.97. The second-order valence-electron chi connectivity index (χ2n) is 6.86. The largest absolute Gasteiger partial charge is 0.497 e.